The van der Waals surface area contributed by atoms with Crippen molar-refractivity contribution in [2.24, 2.45) is 0 Å². The molecule has 0 spiro atoms. The zero-order valence-electron chi connectivity index (χ0n) is 12.4. The first-order chi connectivity index (χ1) is 10.6. The number of amides is 2. The summed E-state index contributed by atoms with van der Waals surface area (Å²) in [6.07, 6.45) is 0.175. The van der Waals surface area contributed by atoms with Crippen LogP contribution in [-0.4, -0.2) is 11.8 Å². The maximum Gasteiger partial charge on any atom is 0.232 e. The summed E-state index contributed by atoms with van der Waals surface area (Å²) >= 11 is 0. The van der Waals surface area contributed by atoms with E-state index in [2.05, 4.69) is 10.6 Å². The van der Waals surface area contributed by atoms with Gasteiger partial charge in [-0.15, -0.1) is 0 Å². The van der Waals surface area contributed by atoms with Crippen molar-refractivity contribution in [2.75, 3.05) is 5.32 Å². The Hall–Kier alpha value is -2.62. The van der Waals surface area contributed by atoms with Crippen LogP contribution < -0.4 is 10.6 Å². The Balaban J connectivity index is 1.63. The Morgan fingerprint density at radius 2 is 1.86 bits per heavy atom. The number of para-hydroxylation sites is 1. The van der Waals surface area contributed by atoms with E-state index in [9.17, 15) is 9.59 Å². The van der Waals surface area contributed by atoms with Gasteiger partial charge in [0.05, 0.1) is 5.92 Å². The van der Waals surface area contributed by atoms with Gasteiger partial charge in [-0.05, 0) is 29.7 Å². The maximum atomic E-state index is 12.1. The van der Waals surface area contributed by atoms with Crippen molar-refractivity contribution < 1.29 is 9.59 Å². The SMILES string of the molecule is Cc1ccccc1CNC(=O)CC1C(=O)Nc2ccccc21. The smallest absolute Gasteiger partial charge is 0.232 e. The summed E-state index contributed by atoms with van der Waals surface area (Å²) in [5, 5.41) is 5.72. The summed E-state index contributed by atoms with van der Waals surface area (Å²) in [7, 11) is 0. The van der Waals surface area contributed by atoms with Crippen LogP contribution in [0.25, 0.3) is 0 Å². The minimum absolute atomic E-state index is 0.104. The molecule has 0 saturated carbocycles. The minimum Gasteiger partial charge on any atom is -0.352 e. The predicted octanol–water partition coefficient (Wildman–Crippen LogP) is 2.74. The Morgan fingerprint density at radius 3 is 2.68 bits per heavy atom. The number of nitrogens with one attached hydrogen (secondary N) is 2. The highest BCUT2D eigenvalue weighted by Crippen LogP contribution is 2.34. The van der Waals surface area contributed by atoms with E-state index < -0.39 is 5.92 Å². The third-order valence-electron chi connectivity index (χ3n) is 4.04. The second-order valence-corrected chi connectivity index (χ2v) is 5.54. The summed E-state index contributed by atoms with van der Waals surface area (Å²) in [6.45, 7) is 2.50. The van der Waals surface area contributed by atoms with Crippen molar-refractivity contribution in [1.29, 1.82) is 0 Å². The Kier molecular flexibility index (Phi) is 3.92. The Labute approximate surface area is 129 Å². The van der Waals surface area contributed by atoms with E-state index >= 15 is 0 Å². The molecule has 2 N–H and O–H groups in total. The van der Waals surface area contributed by atoms with Gasteiger partial charge in [0.1, 0.15) is 0 Å². The molecule has 4 nitrogen and oxygen atoms in total. The van der Waals surface area contributed by atoms with E-state index in [1.54, 1.807) is 0 Å². The van der Waals surface area contributed by atoms with Crippen molar-refractivity contribution in [1.82, 2.24) is 5.32 Å². The molecule has 0 fully saturated rings. The van der Waals surface area contributed by atoms with Gasteiger partial charge in [0.25, 0.3) is 0 Å². The number of fused-ring (bicyclic) bond motifs is 1. The Morgan fingerprint density at radius 1 is 1.14 bits per heavy atom. The number of carbonyl (C=O) groups is 2. The fraction of sp³-hybridized carbons (Fsp3) is 0.222. The quantitative estimate of drug-likeness (QED) is 0.911. The maximum absolute atomic E-state index is 12.1. The van der Waals surface area contributed by atoms with Gasteiger partial charge >= 0.3 is 0 Å². The summed E-state index contributed by atoms with van der Waals surface area (Å²) in [5.74, 6) is -0.611. The molecule has 3 rings (SSSR count). The molecular formula is C18H18N2O2. The molecule has 1 unspecified atom stereocenters. The normalized spacial score (nSPS) is 16.0. The van der Waals surface area contributed by atoms with Crippen molar-refractivity contribution in [3.63, 3.8) is 0 Å². The fourth-order valence-corrected chi connectivity index (χ4v) is 2.74. The lowest BCUT2D eigenvalue weighted by Gasteiger charge is -2.11. The van der Waals surface area contributed by atoms with Crippen molar-refractivity contribution >= 4 is 17.5 Å². The molecule has 2 aromatic carbocycles. The molecule has 0 saturated heterocycles. The van der Waals surface area contributed by atoms with Crippen molar-refractivity contribution in [3.05, 3.63) is 65.2 Å². The van der Waals surface area contributed by atoms with Crippen LogP contribution in [0.2, 0.25) is 0 Å². The van der Waals surface area contributed by atoms with Gasteiger partial charge in [-0.2, -0.15) is 0 Å². The highest BCUT2D eigenvalue weighted by Gasteiger charge is 2.31. The number of hydrogen-bond acceptors (Lipinski definition) is 2. The first-order valence-electron chi connectivity index (χ1n) is 7.36. The van der Waals surface area contributed by atoms with E-state index in [4.69, 9.17) is 0 Å². The monoisotopic (exact) mass is 294 g/mol. The van der Waals surface area contributed by atoms with Crippen LogP contribution in [0.3, 0.4) is 0 Å². The lowest BCUT2D eigenvalue weighted by atomic mass is 9.97. The van der Waals surface area contributed by atoms with Gasteiger partial charge in [-0.1, -0.05) is 42.5 Å². The van der Waals surface area contributed by atoms with Crippen LogP contribution in [0.5, 0.6) is 0 Å². The molecule has 4 heteroatoms. The topological polar surface area (TPSA) is 58.2 Å². The molecule has 0 aliphatic carbocycles. The number of carbonyl (C=O) groups excluding carboxylic acids is 2. The average molecular weight is 294 g/mol. The summed E-state index contributed by atoms with van der Waals surface area (Å²) < 4.78 is 0. The van der Waals surface area contributed by atoms with Crippen LogP contribution in [0, 0.1) is 6.92 Å². The minimum atomic E-state index is -0.395. The number of benzene rings is 2. The standard InChI is InChI=1S/C18H18N2O2/c1-12-6-2-3-7-13(12)11-19-17(21)10-15-14-8-4-5-9-16(14)20-18(15)22/h2-9,15H,10-11H2,1H3,(H,19,21)(H,20,22). The largest absolute Gasteiger partial charge is 0.352 e. The summed E-state index contributed by atoms with van der Waals surface area (Å²) in [6, 6.07) is 15.5. The van der Waals surface area contributed by atoms with Crippen molar-refractivity contribution in [3.8, 4) is 0 Å². The molecule has 0 radical (unpaired) electrons. The number of anilines is 1. The van der Waals surface area contributed by atoms with Gasteiger partial charge in [0, 0.05) is 18.7 Å². The molecule has 112 valence electrons. The van der Waals surface area contributed by atoms with Gasteiger partial charge < -0.3 is 10.6 Å². The zero-order chi connectivity index (χ0) is 15.5. The molecular weight excluding hydrogens is 276 g/mol. The molecule has 1 aliphatic heterocycles. The highest BCUT2D eigenvalue weighted by molar-refractivity contribution is 6.04. The van der Waals surface area contributed by atoms with Crippen LogP contribution in [0.15, 0.2) is 48.5 Å². The second-order valence-electron chi connectivity index (χ2n) is 5.54. The third kappa shape index (κ3) is 2.86. The lowest BCUT2D eigenvalue weighted by molar-refractivity contribution is -0.125. The van der Waals surface area contributed by atoms with E-state index in [0.717, 1.165) is 22.4 Å². The third-order valence-corrected chi connectivity index (χ3v) is 4.04. The average Bonchev–Trinajstić information content (AvgIpc) is 2.83. The van der Waals surface area contributed by atoms with Gasteiger partial charge in [-0.25, -0.2) is 0 Å². The van der Waals surface area contributed by atoms with Gasteiger partial charge in [0.15, 0.2) is 0 Å². The van der Waals surface area contributed by atoms with Crippen LogP contribution in [-0.2, 0) is 16.1 Å². The van der Waals surface area contributed by atoms with E-state index in [1.165, 1.54) is 0 Å². The lowest BCUT2D eigenvalue weighted by Crippen LogP contribution is -2.27. The number of aryl methyl sites for hydroxylation is 1. The first kappa shape index (κ1) is 14.3. The van der Waals surface area contributed by atoms with Crippen molar-refractivity contribution in [2.45, 2.75) is 25.8 Å². The molecule has 1 heterocycles. The first-order valence-corrected chi connectivity index (χ1v) is 7.36. The molecule has 1 atom stereocenters. The molecule has 2 amide bonds. The summed E-state index contributed by atoms with van der Waals surface area (Å²) in [4.78, 5) is 24.2. The van der Waals surface area contributed by atoms with Crippen LogP contribution in [0.1, 0.15) is 29.0 Å². The van der Waals surface area contributed by atoms with E-state index in [0.29, 0.717) is 6.54 Å². The number of rotatable bonds is 4. The second kappa shape index (κ2) is 6.02. The molecule has 1 aliphatic rings. The van der Waals surface area contributed by atoms with Gasteiger partial charge in [0.2, 0.25) is 11.8 Å². The Bertz CT molecular complexity index is 725. The van der Waals surface area contributed by atoms with E-state index in [-0.39, 0.29) is 18.2 Å². The molecule has 22 heavy (non-hydrogen) atoms. The van der Waals surface area contributed by atoms with Crippen LogP contribution in [0.4, 0.5) is 5.69 Å². The molecule has 0 bridgehead atoms. The zero-order valence-corrected chi connectivity index (χ0v) is 12.4. The highest BCUT2D eigenvalue weighted by atomic mass is 16.2. The number of hydrogen-bond donors (Lipinski definition) is 2. The van der Waals surface area contributed by atoms with E-state index in [1.807, 2.05) is 55.5 Å². The molecule has 0 aromatic heterocycles. The predicted molar refractivity (Wildman–Crippen MR) is 85.5 cm³/mol. The van der Waals surface area contributed by atoms with Crippen LogP contribution >= 0.6 is 0 Å². The molecule has 2 aromatic rings. The fourth-order valence-electron chi connectivity index (χ4n) is 2.74. The summed E-state index contributed by atoms with van der Waals surface area (Å²) in [5.41, 5.74) is 3.95. The van der Waals surface area contributed by atoms with Gasteiger partial charge in [-0.3, -0.25) is 9.59 Å².